The van der Waals surface area contributed by atoms with Gasteiger partial charge in [0.05, 0.1) is 6.42 Å². The van der Waals surface area contributed by atoms with Crippen molar-refractivity contribution in [2.75, 3.05) is 7.05 Å². The molecule has 0 bridgehead atoms. The van der Waals surface area contributed by atoms with Gasteiger partial charge in [-0.25, -0.2) is 0 Å². The van der Waals surface area contributed by atoms with E-state index in [9.17, 15) is 4.79 Å². The fourth-order valence-corrected chi connectivity index (χ4v) is 1.04. The Morgan fingerprint density at radius 2 is 2.00 bits per heavy atom. The molecule has 4 nitrogen and oxygen atoms in total. The molecule has 1 N–H and O–H groups in total. The number of carbonyl (C=O) groups excluding carboxylic acids is 1. The molecule has 1 fully saturated rings. The number of ether oxygens (including phenoxy) is 1. The largest absolute Gasteiger partial charge is 0.265 e. The van der Waals surface area contributed by atoms with Crippen LogP contribution in [0, 0.1) is 0 Å². The summed E-state index contributed by atoms with van der Waals surface area (Å²) in [4.78, 5) is 14.1. The van der Waals surface area contributed by atoms with E-state index in [2.05, 4.69) is 10.3 Å². The summed E-state index contributed by atoms with van der Waals surface area (Å²) in [7, 11) is 1.78. The van der Waals surface area contributed by atoms with Crippen LogP contribution in [0.15, 0.2) is 30.6 Å². The second kappa shape index (κ2) is 11.7. The number of nitrogens with zero attached hydrogens (tertiary/aromatic N) is 1. The standard InChI is InChI=1S/C5H9NO2.C5H5N.HI.Pb.2H/c1-6-4-2-3-5(7)8-4;1-2-4-6-5-3-1;;;;/h4,6H,2-3H2,1H3;1-5H;1H;;;. The number of aromatic nitrogens is 1. The van der Waals surface area contributed by atoms with Crippen molar-refractivity contribution in [1.82, 2.24) is 10.3 Å². The zero-order valence-electron chi connectivity index (χ0n) is 9.26. The molecular formula is C10H17IN2O2Pb. The van der Waals surface area contributed by atoms with Crippen molar-refractivity contribution in [1.29, 1.82) is 0 Å². The number of nitrogens with one attached hydrogen (secondary N) is 1. The molecule has 2 heterocycles. The fraction of sp³-hybridized carbons (Fsp3) is 0.400. The Morgan fingerprint density at radius 1 is 1.38 bits per heavy atom. The molecule has 0 aromatic carbocycles. The van der Waals surface area contributed by atoms with Crippen LogP contribution in [-0.2, 0) is 9.53 Å². The van der Waals surface area contributed by atoms with Crippen LogP contribution >= 0.6 is 24.0 Å². The number of pyridine rings is 1. The number of cyclic esters (lactones) is 1. The average molecular weight is 531 g/mol. The molecule has 2 radical (unpaired) electrons. The molecule has 1 saturated heterocycles. The van der Waals surface area contributed by atoms with Gasteiger partial charge in [0.1, 0.15) is 0 Å². The number of hydrogen-bond donors (Lipinski definition) is 1. The maximum atomic E-state index is 10.4. The zero-order chi connectivity index (χ0) is 10.2. The van der Waals surface area contributed by atoms with Crippen molar-refractivity contribution in [3.63, 3.8) is 0 Å². The van der Waals surface area contributed by atoms with Gasteiger partial charge < -0.3 is 4.74 Å². The maximum absolute atomic E-state index is 10.4. The van der Waals surface area contributed by atoms with Crippen LogP contribution in [-0.4, -0.2) is 51.5 Å². The summed E-state index contributed by atoms with van der Waals surface area (Å²) in [6.45, 7) is 0. The summed E-state index contributed by atoms with van der Waals surface area (Å²) >= 11 is 0. The Bertz CT molecular complexity index is 248. The third-order valence-corrected chi connectivity index (χ3v) is 1.77. The summed E-state index contributed by atoms with van der Waals surface area (Å²) in [6.07, 6.45) is 4.85. The molecule has 6 heteroatoms. The number of carbonyl (C=O) groups is 1. The first-order valence-corrected chi connectivity index (χ1v) is 4.54. The fourth-order valence-electron chi connectivity index (χ4n) is 1.04. The minimum Gasteiger partial charge on any atom is -0.265 e. The summed E-state index contributed by atoms with van der Waals surface area (Å²) < 4.78 is 4.76. The SMILES string of the molecule is CNC1CCC(=O)O1.I.[PbH2].c1ccncc1. The molecule has 0 saturated carbocycles. The van der Waals surface area contributed by atoms with Crippen LogP contribution < -0.4 is 5.32 Å². The van der Waals surface area contributed by atoms with Crippen LogP contribution in [0.2, 0.25) is 0 Å². The van der Waals surface area contributed by atoms with Gasteiger partial charge in [-0.05, 0) is 19.2 Å². The monoisotopic (exact) mass is 532 g/mol. The molecule has 1 atom stereocenters. The Hall–Kier alpha value is 0.232. The molecule has 1 aromatic heterocycles. The Morgan fingerprint density at radius 3 is 2.19 bits per heavy atom. The molecule has 2 rings (SSSR count). The van der Waals surface area contributed by atoms with Crippen molar-refractivity contribution in [3.8, 4) is 0 Å². The average Bonchev–Trinajstić information content (AvgIpc) is 2.68. The van der Waals surface area contributed by atoms with E-state index < -0.39 is 0 Å². The van der Waals surface area contributed by atoms with E-state index in [0.717, 1.165) is 6.42 Å². The molecule has 1 aliphatic rings. The molecule has 0 aliphatic carbocycles. The van der Waals surface area contributed by atoms with Gasteiger partial charge in [0.15, 0.2) is 6.23 Å². The first-order valence-electron chi connectivity index (χ1n) is 4.54. The van der Waals surface area contributed by atoms with Crippen LogP contribution in [0.4, 0.5) is 0 Å². The van der Waals surface area contributed by atoms with Crippen LogP contribution in [0.25, 0.3) is 0 Å². The Kier molecular flexibility index (Phi) is 13.6. The minimum atomic E-state index is -0.0932. The normalized spacial score (nSPS) is 17.1. The Labute approximate surface area is 133 Å². The minimum absolute atomic E-state index is 0. The molecule has 1 unspecified atom stereocenters. The van der Waals surface area contributed by atoms with E-state index in [1.807, 2.05) is 18.2 Å². The van der Waals surface area contributed by atoms with Crippen molar-refractivity contribution in [3.05, 3.63) is 30.6 Å². The van der Waals surface area contributed by atoms with E-state index in [1.54, 1.807) is 19.4 Å². The zero-order valence-corrected chi connectivity index (χ0v) is 17.1. The predicted octanol–water partition coefficient (Wildman–Crippen LogP) is 0.652. The van der Waals surface area contributed by atoms with Gasteiger partial charge in [0.25, 0.3) is 0 Å². The summed E-state index contributed by atoms with van der Waals surface area (Å²) in [5, 5.41) is 2.85. The van der Waals surface area contributed by atoms with Crippen LogP contribution in [0.1, 0.15) is 12.8 Å². The van der Waals surface area contributed by atoms with E-state index in [1.165, 1.54) is 0 Å². The maximum Gasteiger partial charge on any atom is 0.0267 e. The summed E-state index contributed by atoms with van der Waals surface area (Å²) in [6, 6.07) is 5.72. The van der Waals surface area contributed by atoms with Crippen LogP contribution in [0.3, 0.4) is 0 Å². The second-order valence-electron chi connectivity index (χ2n) is 2.83. The van der Waals surface area contributed by atoms with E-state index in [4.69, 9.17) is 4.74 Å². The first kappa shape index (κ1) is 18.6. The topological polar surface area (TPSA) is 51.2 Å². The second-order valence-corrected chi connectivity index (χ2v) is 2.83. The summed E-state index contributed by atoms with van der Waals surface area (Å²) in [5.41, 5.74) is 0. The van der Waals surface area contributed by atoms with Crippen molar-refractivity contribution in [2.24, 2.45) is 0 Å². The molecule has 1 aromatic rings. The third kappa shape index (κ3) is 8.39. The van der Waals surface area contributed by atoms with Crippen molar-refractivity contribution in [2.45, 2.75) is 19.1 Å². The molecular weight excluding hydrogens is 514 g/mol. The van der Waals surface area contributed by atoms with Gasteiger partial charge in [-0.3, -0.25) is 15.1 Å². The first-order chi connectivity index (χ1) is 6.83. The van der Waals surface area contributed by atoms with E-state index >= 15 is 0 Å². The van der Waals surface area contributed by atoms with Gasteiger partial charge in [-0.15, -0.1) is 24.0 Å². The molecule has 0 amide bonds. The van der Waals surface area contributed by atoms with Gasteiger partial charge >= 0.3 is 33.3 Å². The quantitative estimate of drug-likeness (QED) is 0.329. The van der Waals surface area contributed by atoms with Crippen LogP contribution in [0.5, 0.6) is 0 Å². The molecule has 16 heavy (non-hydrogen) atoms. The van der Waals surface area contributed by atoms with E-state index in [0.29, 0.717) is 6.42 Å². The number of rotatable bonds is 1. The number of halogens is 1. The molecule has 1 aliphatic heterocycles. The summed E-state index contributed by atoms with van der Waals surface area (Å²) in [5.74, 6) is -0.0932. The number of hydrogen-bond acceptors (Lipinski definition) is 4. The Balaban J connectivity index is 0. The van der Waals surface area contributed by atoms with Gasteiger partial charge in [-0.2, -0.15) is 0 Å². The van der Waals surface area contributed by atoms with Crippen molar-refractivity contribution >= 4 is 57.2 Å². The van der Waals surface area contributed by atoms with Gasteiger partial charge in [0, 0.05) is 18.8 Å². The van der Waals surface area contributed by atoms with Crippen molar-refractivity contribution < 1.29 is 9.53 Å². The van der Waals surface area contributed by atoms with E-state index in [-0.39, 0.29) is 63.5 Å². The number of esters is 1. The van der Waals surface area contributed by atoms with Gasteiger partial charge in [0.2, 0.25) is 0 Å². The van der Waals surface area contributed by atoms with Gasteiger partial charge in [-0.1, -0.05) is 6.07 Å². The molecule has 0 spiro atoms. The molecule has 90 valence electrons. The predicted molar refractivity (Wildman–Crippen MR) is 76.4 cm³/mol. The third-order valence-electron chi connectivity index (χ3n) is 1.77. The smallest absolute Gasteiger partial charge is 0.0267 e.